The van der Waals surface area contributed by atoms with Crippen LogP contribution in [0.1, 0.15) is 37.6 Å². The summed E-state index contributed by atoms with van der Waals surface area (Å²) in [5.41, 5.74) is 0.962. The number of hydrogen-bond donors (Lipinski definition) is 2. The summed E-state index contributed by atoms with van der Waals surface area (Å²) in [5, 5.41) is 10.5. The lowest BCUT2D eigenvalue weighted by atomic mass is 10.1. The highest BCUT2D eigenvalue weighted by Gasteiger charge is 2.12. The van der Waals surface area contributed by atoms with Crippen molar-refractivity contribution in [1.82, 2.24) is 25.1 Å². The molecule has 2 N–H and O–H groups in total. The van der Waals surface area contributed by atoms with Crippen LogP contribution in [-0.2, 0) is 6.42 Å². The molecule has 2 heterocycles. The Hall–Kier alpha value is -1.69. The zero-order valence-electron chi connectivity index (χ0n) is 11.0. The molecule has 6 nitrogen and oxygen atoms in total. The first-order valence-corrected chi connectivity index (χ1v) is 6.64. The number of aromatic nitrogens is 5. The minimum atomic E-state index is 0.283. The highest BCUT2D eigenvalue weighted by molar-refractivity contribution is 6.30. The zero-order chi connectivity index (χ0) is 13.7. The number of hydrogen-bond acceptors (Lipinski definition) is 5. The summed E-state index contributed by atoms with van der Waals surface area (Å²) in [5.74, 6) is 1.99. The molecule has 0 saturated carbocycles. The first-order valence-electron chi connectivity index (χ1n) is 6.27. The molecule has 0 aliphatic heterocycles. The Balaban J connectivity index is 1.90. The molecule has 0 saturated heterocycles. The van der Waals surface area contributed by atoms with Gasteiger partial charge in [0.15, 0.2) is 0 Å². The molecule has 0 spiro atoms. The van der Waals surface area contributed by atoms with Crippen molar-refractivity contribution in [2.24, 2.45) is 0 Å². The third-order valence-corrected chi connectivity index (χ3v) is 3.06. The summed E-state index contributed by atoms with van der Waals surface area (Å²) in [7, 11) is 0. The van der Waals surface area contributed by atoms with Gasteiger partial charge in [-0.1, -0.05) is 25.4 Å². The summed E-state index contributed by atoms with van der Waals surface area (Å²) < 4.78 is 0. The second kappa shape index (κ2) is 6.47. The Kier molecular flexibility index (Phi) is 4.68. The quantitative estimate of drug-likeness (QED) is 0.627. The number of halogens is 1. The average molecular weight is 281 g/mol. The van der Waals surface area contributed by atoms with Crippen molar-refractivity contribution in [1.29, 1.82) is 0 Å². The third kappa shape index (κ3) is 3.64. The predicted octanol–water partition coefficient (Wildman–Crippen LogP) is 2.42. The Morgan fingerprint density at radius 1 is 1.26 bits per heavy atom. The van der Waals surface area contributed by atoms with Gasteiger partial charge < -0.3 is 5.32 Å². The fourth-order valence-electron chi connectivity index (χ4n) is 1.84. The van der Waals surface area contributed by atoms with Crippen LogP contribution in [0.5, 0.6) is 0 Å². The largest absolute Gasteiger partial charge is 0.370 e. The van der Waals surface area contributed by atoms with Gasteiger partial charge in [0.25, 0.3) is 0 Å². The molecule has 2 rings (SSSR count). The van der Waals surface area contributed by atoms with Crippen molar-refractivity contribution < 1.29 is 0 Å². The van der Waals surface area contributed by atoms with Crippen LogP contribution < -0.4 is 5.32 Å². The smallest absolute Gasteiger partial charge is 0.138 e. The van der Waals surface area contributed by atoms with E-state index >= 15 is 0 Å². The number of rotatable bonds is 6. The van der Waals surface area contributed by atoms with E-state index in [1.165, 1.54) is 12.7 Å². The van der Waals surface area contributed by atoms with Crippen molar-refractivity contribution in [2.75, 3.05) is 11.9 Å². The molecule has 19 heavy (non-hydrogen) atoms. The summed E-state index contributed by atoms with van der Waals surface area (Å²) in [6.07, 6.45) is 4.79. The zero-order valence-corrected chi connectivity index (χ0v) is 11.8. The van der Waals surface area contributed by atoms with Gasteiger partial charge in [0.2, 0.25) is 0 Å². The van der Waals surface area contributed by atoms with Gasteiger partial charge in [0, 0.05) is 18.5 Å². The van der Waals surface area contributed by atoms with Gasteiger partial charge in [0.1, 0.15) is 29.5 Å². The van der Waals surface area contributed by atoms with Crippen LogP contribution in [0.25, 0.3) is 0 Å². The Labute approximate surface area is 117 Å². The lowest BCUT2D eigenvalue weighted by Gasteiger charge is -2.13. The standard InChI is InChI=1S/C12H17ClN6/c1-8(2)10-11(13)16-6-17-12(10)14-5-3-4-9-15-7-18-19-9/h6-8H,3-5H2,1-2H3,(H,14,16,17)(H,15,18,19). The molecule has 0 atom stereocenters. The normalized spacial score (nSPS) is 10.9. The molecule has 0 amide bonds. The molecule has 2 aromatic rings. The lowest BCUT2D eigenvalue weighted by molar-refractivity contribution is 0.794. The van der Waals surface area contributed by atoms with Crippen molar-refractivity contribution in [3.05, 3.63) is 29.2 Å². The minimum Gasteiger partial charge on any atom is -0.370 e. The van der Waals surface area contributed by atoms with Gasteiger partial charge in [-0.25, -0.2) is 15.0 Å². The van der Waals surface area contributed by atoms with Crippen molar-refractivity contribution in [3.8, 4) is 0 Å². The molecule has 0 bridgehead atoms. The maximum absolute atomic E-state index is 6.10. The van der Waals surface area contributed by atoms with Gasteiger partial charge in [-0.15, -0.1) is 0 Å². The van der Waals surface area contributed by atoms with Crippen molar-refractivity contribution in [3.63, 3.8) is 0 Å². The van der Waals surface area contributed by atoms with E-state index in [-0.39, 0.29) is 5.92 Å². The van der Waals surface area contributed by atoms with Crippen LogP contribution in [0, 0.1) is 0 Å². The second-order valence-corrected chi connectivity index (χ2v) is 4.90. The van der Waals surface area contributed by atoms with Gasteiger partial charge >= 0.3 is 0 Å². The Bertz CT molecular complexity index is 511. The van der Waals surface area contributed by atoms with E-state index in [0.717, 1.165) is 36.6 Å². The first kappa shape index (κ1) is 13.7. The van der Waals surface area contributed by atoms with Crippen LogP contribution in [-0.4, -0.2) is 31.7 Å². The number of nitrogens with one attached hydrogen (secondary N) is 2. The number of anilines is 1. The highest BCUT2D eigenvalue weighted by atomic mass is 35.5. The molecule has 2 aromatic heterocycles. The van der Waals surface area contributed by atoms with Gasteiger partial charge in [-0.3, -0.25) is 5.10 Å². The number of aryl methyl sites for hydroxylation is 1. The summed E-state index contributed by atoms with van der Waals surface area (Å²) >= 11 is 6.10. The molecule has 0 aromatic carbocycles. The van der Waals surface area contributed by atoms with E-state index in [1.54, 1.807) is 0 Å². The summed E-state index contributed by atoms with van der Waals surface area (Å²) in [6.45, 7) is 4.95. The summed E-state index contributed by atoms with van der Waals surface area (Å²) in [6, 6.07) is 0. The van der Waals surface area contributed by atoms with Crippen LogP contribution in [0.3, 0.4) is 0 Å². The van der Waals surface area contributed by atoms with Gasteiger partial charge in [-0.05, 0) is 12.3 Å². The SMILES string of the molecule is CC(C)c1c(Cl)ncnc1NCCCc1ncn[nH]1. The maximum Gasteiger partial charge on any atom is 0.138 e. The molecular formula is C12H17ClN6. The van der Waals surface area contributed by atoms with Gasteiger partial charge in [-0.2, -0.15) is 5.10 Å². The van der Waals surface area contributed by atoms with E-state index in [0.29, 0.717) is 5.15 Å². The molecule has 0 radical (unpaired) electrons. The number of nitrogens with zero attached hydrogens (tertiary/aromatic N) is 4. The van der Waals surface area contributed by atoms with E-state index < -0.39 is 0 Å². The van der Waals surface area contributed by atoms with Crippen molar-refractivity contribution in [2.45, 2.75) is 32.6 Å². The van der Waals surface area contributed by atoms with E-state index in [1.807, 2.05) is 0 Å². The molecule has 0 aliphatic rings. The van der Waals surface area contributed by atoms with Crippen LogP contribution >= 0.6 is 11.6 Å². The van der Waals surface area contributed by atoms with Crippen LogP contribution in [0.15, 0.2) is 12.7 Å². The average Bonchev–Trinajstić information content (AvgIpc) is 2.87. The van der Waals surface area contributed by atoms with E-state index in [2.05, 4.69) is 44.3 Å². The molecule has 0 unspecified atom stereocenters. The van der Waals surface area contributed by atoms with E-state index in [9.17, 15) is 0 Å². The Morgan fingerprint density at radius 3 is 2.79 bits per heavy atom. The predicted molar refractivity (Wildman–Crippen MR) is 74.3 cm³/mol. The number of H-pyrrole nitrogens is 1. The van der Waals surface area contributed by atoms with Crippen LogP contribution in [0.4, 0.5) is 5.82 Å². The monoisotopic (exact) mass is 280 g/mol. The summed E-state index contributed by atoms with van der Waals surface area (Å²) in [4.78, 5) is 12.4. The first-order chi connectivity index (χ1) is 9.18. The van der Waals surface area contributed by atoms with E-state index in [4.69, 9.17) is 11.6 Å². The molecule has 7 heteroatoms. The minimum absolute atomic E-state index is 0.283. The fraction of sp³-hybridized carbons (Fsp3) is 0.500. The van der Waals surface area contributed by atoms with Gasteiger partial charge in [0.05, 0.1) is 0 Å². The topological polar surface area (TPSA) is 79.4 Å². The molecule has 0 fully saturated rings. The number of aromatic amines is 1. The lowest BCUT2D eigenvalue weighted by Crippen LogP contribution is -2.09. The molecular weight excluding hydrogens is 264 g/mol. The fourth-order valence-corrected chi connectivity index (χ4v) is 2.19. The molecule has 0 aliphatic carbocycles. The highest BCUT2D eigenvalue weighted by Crippen LogP contribution is 2.27. The van der Waals surface area contributed by atoms with Crippen molar-refractivity contribution >= 4 is 17.4 Å². The molecule has 102 valence electrons. The third-order valence-electron chi connectivity index (χ3n) is 2.76. The Morgan fingerprint density at radius 2 is 2.11 bits per heavy atom. The van der Waals surface area contributed by atoms with Crippen LogP contribution in [0.2, 0.25) is 5.15 Å². The maximum atomic E-state index is 6.10. The second-order valence-electron chi connectivity index (χ2n) is 4.54.